The standard InChI is InChI=1S/C16H18OS/c1-3-16(9-6-10-18-16)14-11(2)15(17)13-8-5-4-7-12(13)14/h4-5,7-8H,3,6,9-10H2,1-2H3. The molecule has 1 aliphatic carbocycles. The van der Waals surface area contributed by atoms with Crippen LogP contribution in [0.3, 0.4) is 0 Å². The van der Waals surface area contributed by atoms with E-state index < -0.39 is 0 Å². The Morgan fingerprint density at radius 3 is 2.61 bits per heavy atom. The van der Waals surface area contributed by atoms with Crippen LogP contribution >= 0.6 is 11.8 Å². The summed E-state index contributed by atoms with van der Waals surface area (Å²) in [5.41, 5.74) is 4.40. The fourth-order valence-corrected chi connectivity index (χ4v) is 4.93. The number of rotatable bonds is 2. The Morgan fingerprint density at radius 1 is 1.28 bits per heavy atom. The summed E-state index contributed by atoms with van der Waals surface area (Å²) in [6.45, 7) is 4.26. The van der Waals surface area contributed by atoms with Crippen LogP contribution in [-0.4, -0.2) is 16.3 Å². The Hall–Kier alpha value is -1.02. The zero-order valence-corrected chi connectivity index (χ0v) is 11.8. The van der Waals surface area contributed by atoms with Gasteiger partial charge < -0.3 is 0 Å². The van der Waals surface area contributed by atoms with Gasteiger partial charge in [-0.1, -0.05) is 31.2 Å². The molecule has 2 heteroatoms. The topological polar surface area (TPSA) is 17.1 Å². The highest BCUT2D eigenvalue weighted by Gasteiger charge is 2.43. The average Bonchev–Trinajstić information content (AvgIpc) is 2.96. The molecule has 1 atom stereocenters. The van der Waals surface area contributed by atoms with Crippen molar-refractivity contribution in [3.63, 3.8) is 0 Å². The van der Waals surface area contributed by atoms with Crippen LogP contribution in [0.15, 0.2) is 29.8 Å². The number of hydrogen-bond donors (Lipinski definition) is 0. The highest BCUT2D eigenvalue weighted by atomic mass is 32.2. The minimum Gasteiger partial charge on any atom is -0.289 e. The van der Waals surface area contributed by atoms with Crippen LogP contribution in [-0.2, 0) is 0 Å². The van der Waals surface area contributed by atoms with E-state index in [1.807, 2.05) is 36.9 Å². The number of allylic oxidation sites excluding steroid dienone is 1. The predicted molar refractivity (Wildman–Crippen MR) is 78.1 cm³/mol. The number of hydrogen-bond acceptors (Lipinski definition) is 2. The van der Waals surface area contributed by atoms with Crippen molar-refractivity contribution in [2.24, 2.45) is 0 Å². The number of carbonyl (C=O) groups is 1. The van der Waals surface area contributed by atoms with Gasteiger partial charge in [0.2, 0.25) is 0 Å². The normalized spacial score (nSPS) is 26.9. The third kappa shape index (κ3) is 1.51. The van der Waals surface area contributed by atoms with Gasteiger partial charge in [0.1, 0.15) is 0 Å². The number of carbonyl (C=O) groups excluding carboxylic acids is 1. The van der Waals surface area contributed by atoms with Crippen LogP contribution < -0.4 is 0 Å². The van der Waals surface area contributed by atoms with E-state index >= 15 is 0 Å². The first-order chi connectivity index (χ1) is 8.69. The van der Waals surface area contributed by atoms with Crippen LogP contribution in [0, 0.1) is 0 Å². The number of benzene rings is 1. The Labute approximate surface area is 113 Å². The van der Waals surface area contributed by atoms with Crippen LogP contribution in [0.4, 0.5) is 0 Å². The molecule has 1 nitrogen and oxygen atoms in total. The van der Waals surface area contributed by atoms with Crippen molar-refractivity contribution in [3.8, 4) is 0 Å². The third-order valence-corrected chi connectivity index (χ3v) is 6.03. The molecule has 0 amide bonds. The second kappa shape index (κ2) is 4.27. The van der Waals surface area contributed by atoms with Crippen molar-refractivity contribution in [3.05, 3.63) is 41.0 Å². The summed E-state index contributed by atoms with van der Waals surface area (Å²) in [5.74, 6) is 1.46. The van der Waals surface area contributed by atoms with E-state index in [1.54, 1.807) is 0 Å². The summed E-state index contributed by atoms with van der Waals surface area (Å²) in [7, 11) is 0. The van der Waals surface area contributed by atoms with Crippen LogP contribution in [0.1, 0.15) is 49.0 Å². The molecule has 0 N–H and O–H groups in total. The molecule has 18 heavy (non-hydrogen) atoms. The Balaban J connectivity index is 2.19. The fraction of sp³-hybridized carbons (Fsp3) is 0.438. The zero-order valence-electron chi connectivity index (χ0n) is 11.0. The van der Waals surface area contributed by atoms with E-state index in [0.717, 1.165) is 17.6 Å². The first-order valence-electron chi connectivity index (χ1n) is 6.69. The van der Waals surface area contributed by atoms with Gasteiger partial charge in [-0.3, -0.25) is 4.79 Å². The lowest BCUT2D eigenvalue weighted by molar-refractivity contribution is 0.103. The number of thioether (sulfide) groups is 1. The lowest BCUT2D eigenvalue weighted by Crippen LogP contribution is -2.22. The second-order valence-corrected chi connectivity index (χ2v) is 6.65. The van der Waals surface area contributed by atoms with E-state index in [-0.39, 0.29) is 10.5 Å². The zero-order chi connectivity index (χ0) is 12.8. The molecule has 1 aromatic rings. The van der Waals surface area contributed by atoms with Crippen molar-refractivity contribution in [2.45, 2.75) is 37.9 Å². The fourth-order valence-electron chi connectivity index (χ4n) is 3.35. The summed E-state index contributed by atoms with van der Waals surface area (Å²) >= 11 is 2.05. The van der Waals surface area contributed by atoms with E-state index in [1.165, 1.54) is 29.7 Å². The summed E-state index contributed by atoms with van der Waals surface area (Å²) in [6, 6.07) is 8.10. The highest BCUT2D eigenvalue weighted by molar-refractivity contribution is 8.01. The molecule has 0 saturated carbocycles. The Morgan fingerprint density at radius 2 is 2.00 bits per heavy atom. The van der Waals surface area contributed by atoms with E-state index in [9.17, 15) is 4.79 Å². The van der Waals surface area contributed by atoms with Gasteiger partial charge in [-0.25, -0.2) is 0 Å². The second-order valence-electron chi connectivity index (χ2n) is 5.17. The van der Waals surface area contributed by atoms with Crippen LogP contribution in [0.2, 0.25) is 0 Å². The van der Waals surface area contributed by atoms with Crippen LogP contribution in [0.5, 0.6) is 0 Å². The molecule has 1 aliphatic heterocycles. The Bertz CT molecular complexity index is 536. The smallest absolute Gasteiger partial charge is 0.189 e. The van der Waals surface area contributed by atoms with Crippen molar-refractivity contribution >= 4 is 23.1 Å². The molecule has 1 aromatic carbocycles. The van der Waals surface area contributed by atoms with Gasteiger partial charge in [0.05, 0.1) is 0 Å². The lowest BCUT2D eigenvalue weighted by Gasteiger charge is -2.30. The van der Waals surface area contributed by atoms with Crippen molar-refractivity contribution < 1.29 is 4.79 Å². The largest absolute Gasteiger partial charge is 0.289 e. The minimum absolute atomic E-state index is 0.187. The molecule has 1 fully saturated rings. The van der Waals surface area contributed by atoms with Crippen LogP contribution in [0.25, 0.3) is 5.57 Å². The van der Waals surface area contributed by atoms with Gasteiger partial charge in [0.15, 0.2) is 5.78 Å². The van der Waals surface area contributed by atoms with Crippen molar-refractivity contribution in [2.75, 3.05) is 5.75 Å². The summed E-state index contributed by atoms with van der Waals surface area (Å²) < 4.78 is 0.187. The summed E-state index contributed by atoms with van der Waals surface area (Å²) in [5, 5.41) is 0. The summed E-state index contributed by atoms with van der Waals surface area (Å²) in [4.78, 5) is 12.4. The minimum atomic E-state index is 0.187. The molecule has 0 aromatic heterocycles. The third-order valence-electron chi connectivity index (χ3n) is 4.29. The molecule has 3 rings (SSSR count). The maximum atomic E-state index is 12.4. The Kier molecular flexibility index (Phi) is 2.86. The SMILES string of the molecule is CCC1(C2=C(C)C(=O)c3ccccc32)CCCS1. The molecule has 1 unspecified atom stereocenters. The highest BCUT2D eigenvalue weighted by Crippen LogP contribution is 2.53. The number of fused-ring (bicyclic) bond motifs is 1. The lowest BCUT2D eigenvalue weighted by atomic mass is 9.86. The van der Waals surface area contributed by atoms with Gasteiger partial charge in [-0.2, -0.15) is 11.8 Å². The van der Waals surface area contributed by atoms with E-state index in [0.29, 0.717) is 0 Å². The first-order valence-corrected chi connectivity index (χ1v) is 7.67. The van der Waals surface area contributed by atoms with Crippen molar-refractivity contribution in [1.29, 1.82) is 0 Å². The molecule has 1 heterocycles. The monoisotopic (exact) mass is 258 g/mol. The van der Waals surface area contributed by atoms with Gasteiger partial charge in [-0.15, -0.1) is 0 Å². The predicted octanol–water partition coefficient (Wildman–Crippen LogP) is 4.33. The molecule has 0 bridgehead atoms. The quantitative estimate of drug-likeness (QED) is 0.785. The molecular formula is C16H18OS. The molecule has 2 aliphatic rings. The maximum Gasteiger partial charge on any atom is 0.189 e. The number of Topliss-reactive ketones (excluding diaryl/α,β-unsaturated/α-hetero) is 1. The number of ketones is 1. The van der Waals surface area contributed by atoms with Gasteiger partial charge >= 0.3 is 0 Å². The van der Waals surface area contributed by atoms with Crippen molar-refractivity contribution in [1.82, 2.24) is 0 Å². The van der Waals surface area contributed by atoms with Gasteiger partial charge in [-0.05, 0) is 43.1 Å². The molecule has 1 saturated heterocycles. The van der Waals surface area contributed by atoms with Gasteiger partial charge in [0, 0.05) is 15.9 Å². The molecule has 0 radical (unpaired) electrons. The first kappa shape index (κ1) is 12.0. The molecular weight excluding hydrogens is 240 g/mol. The molecule has 0 spiro atoms. The molecule has 94 valence electrons. The van der Waals surface area contributed by atoms with E-state index in [2.05, 4.69) is 13.0 Å². The van der Waals surface area contributed by atoms with E-state index in [4.69, 9.17) is 0 Å². The maximum absolute atomic E-state index is 12.4. The van der Waals surface area contributed by atoms with Gasteiger partial charge in [0.25, 0.3) is 0 Å². The average molecular weight is 258 g/mol. The summed E-state index contributed by atoms with van der Waals surface area (Å²) in [6.07, 6.45) is 3.60.